The molecule has 0 saturated heterocycles. The van der Waals surface area contributed by atoms with Crippen LogP contribution in [0, 0.1) is 0 Å². The Morgan fingerprint density at radius 3 is 2.06 bits per heavy atom. The summed E-state index contributed by atoms with van der Waals surface area (Å²) in [6.45, 7) is 13.4. The number of nitrogens with one attached hydrogen (secondary N) is 1. The fourth-order valence-corrected chi connectivity index (χ4v) is 2.67. The topological polar surface area (TPSA) is 41.3 Å². The van der Waals surface area contributed by atoms with Gasteiger partial charge in [0.25, 0.3) is 0 Å². The zero-order chi connectivity index (χ0) is 13.3. The number of hydrogen-bond donors (Lipinski definition) is 2. The number of unbranched alkanes of at least 4 members (excludes halogenated alkanes) is 3. The number of nitrogens with zero attached hydrogens (tertiary/aromatic N) is 1. The van der Waals surface area contributed by atoms with Gasteiger partial charge in [-0.3, -0.25) is 16.2 Å². The summed E-state index contributed by atoms with van der Waals surface area (Å²) in [6, 6.07) is 0.374. The van der Waals surface area contributed by atoms with E-state index < -0.39 is 0 Å². The predicted molar refractivity (Wildman–Crippen MR) is 76.9 cm³/mol. The normalized spacial score (nSPS) is 14.3. The van der Waals surface area contributed by atoms with Gasteiger partial charge in [-0.15, -0.1) is 0 Å². The van der Waals surface area contributed by atoms with Gasteiger partial charge in [-0.1, -0.05) is 46.5 Å². The van der Waals surface area contributed by atoms with Crippen LogP contribution in [0.1, 0.15) is 66.7 Å². The van der Waals surface area contributed by atoms with Crippen LogP contribution in [0.15, 0.2) is 0 Å². The quantitative estimate of drug-likeness (QED) is 0.352. The van der Waals surface area contributed by atoms with Gasteiger partial charge in [0.2, 0.25) is 0 Å². The molecule has 104 valence electrons. The van der Waals surface area contributed by atoms with E-state index >= 15 is 0 Å². The van der Waals surface area contributed by atoms with Crippen molar-refractivity contribution in [2.75, 3.05) is 13.1 Å². The molecule has 0 amide bonds. The fourth-order valence-electron chi connectivity index (χ4n) is 2.67. The van der Waals surface area contributed by atoms with Crippen molar-refractivity contribution >= 4 is 0 Å². The third-order valence-corrected chi connectivity index (χ3v) is 3.98. The van der Waals surface area contributed by atoms with Gasteiger partial charge in [0.05, 0.1) is 0 Å². The average molecular weight is 243 g/mol. The number of rotatable bonds is 10. The summed E-state index contributed by atoms with van der Waals surface area (Å²) in [6.07, 6.45) is 6.39. The fraction of sp³-hybridized carbons (Fsp3) is 1.00. The van der Waals surface area contributed by atoms with Crippen molar-refractivity contribution in [2.24, 2.45) is 5.84 Å². The van der Waals surface area contributed by atoms with E-state index in [2.05, 4.69) is 44.9 Å². The van der Waals surface area contributed by atoms with Gasteiger partial charge in [-0.2, -0.15) is 0 Å². The minimum absolute atomic E-state index is 0.129. The van der Waals surface area contributed by atoms with Crippen LogP contribution in [0.5, 0.6) is 0 Å². The summed E-state index contributed by atoms with van der Waals surface area (Å²) < 4.78 is 0. The van der Waals surface area contributed by atoms with Gasteiger partial charge in [-0.05, 0) is 33.4 Å². The molecule has 3 heteroatoms. The van der Waals surface area contributed by atoms with E-state index in [9.17, 15) is 0 Å². The van der Waals surface area contributed by atoms with Crippen molar-refractivity contribution < 1.29 is 0 Å². The first-order valence-corrected chi connectivity index (χ1v) is 7.25. The Morgan fingerprint density at radius 2 is 1.65 bits per heavy atom. The maximum absolute atomic E-state index is 5.74. The second kappa shape index (κ2) is 8.90. The van der Waals surface area contributed by atoms with Crippen molar-refractivity contribution in [3.63, 3.8) is 0 Å². The standard InChI is InChI=1S/C14H33N3/c1-6-9-10-11-12-13(16-15)14(4,5)17(7-2)8-3/h13,16H,6-12,15H2,1-5H3. The third-order valence-electron chi connectivity index (χ3n) is 3.98. The van der Waals surface area contributed by atoms with E-state index in [0.717, 1.165) is 13.1 Å². The lowest BCUT2D eigenvalue weighted by Gasteiger charge is -2.43. The highest BCUT2D eigenvalue weighted by atomic mass is 15.3. The van der Waals surface area contributed by atoms with Crippen LogP contribution < -0.4 is 11.3 Å². The van der Waals surface area contributed by atoms with Crippen LogP contribution in [0.3, 0.4) is 0 Å². The second-order valence-corrected chi connectivity index (χ2v) is 5.39. The first kappa shape index (κ1) is 16.9. The summed E-state index contributed by atoms with van der Waals surface area (Å²) in [5, 5.41) is 0. The lowest BCUT2D eigenvalue weighted by Crippen LogP contribution is -2.59. The Labute approximate surface area is 108 Å². The number of hydrogen-bond acceptors (Lipinski definition) is 3. The highest BCUT2D eigenvalue weighted by molar-refractivity contribution is 4.91. The van der Waals surface area contributed by atoms with Crippen molar-refractivity contribution in [1.29, 1.82) is 0 Å². The molecule has 0 spiro atoms. The molecule has 1 unspecified atom stereocenters. The zero-order valence-electron chi connectivity index (χ0n) is 12.6. The molecule has 0 aliphatic carbocycles. The molecule has 17 heavy (non-hydrogen) atoms. The molecular formula is C14H33N3. The van der Waals surface area contributed by atoms with E-state index in [1.54, 1.807) is 0 Å². The van der Waals surface area contributed by atoms with Gasteiger partial charge >= 0.3 is 0 Å². The van der Waals surface area contributed by atoms with Crippen LogP contribution in [-0.2, 0) is 0 Å². The zero-order valence-corrected chi connectivity index (χ0v) is 12.6. The molecule has 0 bridgehead atoms. The Bertz CT molecular complexity index is 176. The maximum Gasteiger partial charge on any atom is 0.0389 e. The molecule has 0 saturated carbocycles. The van der Waals surface area contributed by atoms with Crippen molar-refractivity contribution in [1.82, 2.24) is 10.3 Å². The highest BCUT2D eigenvalue weighted by Crippen LogP contribution is 2.22. The first-order chi connectivity index (χ1) is 8.04. The molecule has 3 N–H and O–H groups in total. The van der Waals surface area contributed by atoms with Crippen LogP contribution in [0.25, 0.3) is 0 Å². The molecule has 1 atom stereocenters. The van der Waals surface area contributed by atoms with E-state index in [1.807, 2.05) is 0 Å². The number of hydrazine groups is 1. The lowest BCUT2D eigenvalue weighted by atomic mass is 9.88. The van der Waals surface area contributed by atoms with Gasteiger partial charge in [0.15, 0.2) is 0 Å². The van der Waals surface area contributed by atoms with Crippen molar-refractivity contribution in [2.45, 2.75) is 78.3 Å². The minimum Gasteiger partial charge on any atom is -0.297 e. The van der Waals surface area contributed by atoms with Gasteiger partial charge in [-0.25, -0.2) is 0 Å². The van der Waals surface area contributed by atoms with Gasteiger partial charge in [0, 0.05) is 11.6 Å². The SMILES string of the molecule is CCCCCCC(NN)C(C)(C)N(CC)CC. The predicted octanol–water partition coefficient (Wildman–Crippen LogP) is 2.91. The van der Waals surface area contributed by atoms with Gasteiger partial charge in [0.1, 0.15) is 0 Å². The molecule has 3 nitrogen and oxygen atoms in total. The van der Waals surface area contributed by atoms with Crippen LogP contribution in [0.2, 0.25) is 0 Å². The van der Waals surface area contributed by atoms with E-state index in [1.165, 1.54) is 32.1 Å². The van der Waals surface area contributed by atoms with Crippen molar-refractivity contribution in [3.8, 4) is 0 Å². The largest absolute Gasteiger partial charge is 0.297 e. The molecule has 0 radical (unpaired) electrons. The summed E-state index contributed by atoms with van der Waals surface area (Å²) in [4.78, 5) is 2.48. The molecule has 0 aliphatic heterocycles. The molecule has 0 aromatic heterocycles. The Morgan fingerprint density at radius 1 is 1.06 bits per heavy atom. The molecule has 0 rings (SSSR count). The Balaban J connectivity index is 4.30. The summed E-state index contributed by atoms with van der Waals surface area (Å²) in [5.74, 6) is 5.74. The van der Waals surface area contributed by atoms with Crippen molar-refractivity contribution in [3.05, 3.63) is 0 Å². The van der Waals surface area contributed by atoms with E-state index in [0.29, 0.717) is 6.04 Å². The molecule has 0 aliphatic rings. The Kier molecular flexibility index (Phi) is 8.83. The molecule has 0 heterocycles. The smallest absolute Gasteiger partial charge is 0.0389 e. The molecule has 0 aromatic carbocycles. The molecule has 0 aromatic rings. The molecule has 0 fully saturated rings. The lowest BCUT2D eigenvalue weighted by molar-refractivity contribution is 0.0863. The third kappa shape index (κ3) is 5.36. The minimum atomic E-state index is 0.129. The summed E-state index contributed by atoms with van der Waals surface area (Å²) in [7, 11) is 0. The summed E-state index contributed by atoms with van der Waals surface area (Å²) in [5.41, 5.74) is 3.16. The van der Waals surface area contributed by atoms with Crippen LogP contribution >= 0.6 is 0 Å². The summed E-state index contributed by atoms with van der Waals surface area (Å²) >= 11 is 0. The highest BCUT2D eigenvalue weighted by Gasteiger charge is 2.32. The maximum atomic E-state index is 5.74. The van der Waals surface area contributed by atoms with Gasteiger partial charge < -0.3 is 0 Å². The second-order valence-electron chi connectivity index (χ2n) is 5.39. The van der Waals surface area contributed by atoms with E-state index in [4.69, 9.17) is 5.84 Å². The molecular weight excluding hydrogens is 210 g/mol. The Hall–Kier alpha value is -0.120. The van der Waals surface area contributed by atoms with Crippen LogP contribution in [0.4, 0.5) is 0 Å². The van der Waals surface area contributed by atoms with E-state index in [-0.39, 0.29) is 5.54 Å². The number of nitrogens with two attached hydrogens (primary N) is 1. The monoisotopic (exact) mass is 243 g/mol. The average Bonchev–Trinajstić information content (AvgIpc) is 2.30. The number of likely N-dealkylation sites (N-methyl/N-ethyl adjacent to an activating group) is 1. The van der Waals surface area contributed by atoms with Crippen LogP contribution in [-0.4, -0.2) is 29.6 Å². The first-order valence-electron chi connectivity index (χ1n) is 7.25.